The molecule has 0 saturated carbocycles. The molecule has 3 aromatic heterocycles. The van der Waals surface area contributed by atoms with E-state index in [0.29, 0.717) is 0 Å². The Morgan fingerprint density at radius 1 is 0.500 bits per heavy atom. The van der Waals surface area contributed by atoms with Gasteiger partial charge < -0.3 is 9.13 Å². The van der Waals surface area contributed by atoms with E-state index in [1.165, 1.54) is 59.5 Å². The van der Waals surface area contributed by atoms with Crippen LogP contribution >= 0.6 is 0 Å². The van der Waals surface area contributed by atoms with E-state index in [1.807, 2.05) is 0 Å². The van der Waals surface area contributed by atoms with Crippen molar-refractivity contribution < 1.29 is 0 Å². The van der Waals surface area contributed by atoms with E-state index in [4.69, 9.17) is 9.97 Å². The Labute approximate surface area is 279 Å². The molecule has 4 heterocycles. The summed E-state index contributed by atoms with van der Waals surface area (Å²) >= 11 is 0. The van der Waals surface area contributed by atoms with Gasteiger partial charge in [-0.05, 0) is 52.3 Å². The van der Waals surface area contributed by atoms with Gasteiger partial charge in [0.15, 0.2) is 5.82 Å². The summed E-state index contributed by atoms with van der Waals surface area (Å²) in [5.41, 5.74) is 11.5. The van der Waals surface area contributed by atoms with Gasteiger partial charge in [0.05, 0.1) is 27.9 Å². The Morgan fingerprint density at radius 2 is 1.15 bits per heavy atom. The molecule has 0 spiro atoms. The molecule has 0 aliphatic carbocycles. The summed E-state index contributed by atoms with van der Waals surface area (Å²) < 4.78 is 4.72. The average Bonchev–Trinajstić information content (AvgIpc) is 3.70. The van der Waals surface area contributed by atoms with Crippen LogP contribution in [0.1, 0.15) is 0 Å². The summed E-state index contributed by atoms with van der Waals surface area (Å²) in [6.07, 6.45) is 0. The zero-order valence-electron chi connectivity index (χ0n) is 27.1. The van der Waals surface area contributed by atoms with Crippen molar-refractivity contribution in [1.29, 1.82) is 0 Å². The van der Waals surface area contributed by atoms with E-state index in [9.17, 15) is 0 Å². The third kappa shape index (κ3) is 3.70. The number of aromatic nitrogens is 4. The molecule has 10 rings (SSSR count). The van der Waals surface area contributed by atoms with Gasteiger partial charge in [-0.2, -0.15) is 0 Å². The fraction of sp³-hybridized carbons (Fsp3) is 0.0698. The van der Waals surface area contributed by atoms with Gasteiger partial charge in [0.1, 0.15) is 8.07 Å². The first-order valence-corrected chi connectivity index (χ1v) is 19.6. The number of fused-ring (bicyclic) bond motifs is 9. The van der Waals surface area contributed by atoms with Crippen molar-refractivity contribution in [3.8, 4) is 39.6 Å². The third-order valence-electron chi connectivity index (χ3n) is 10.5. The number of benzene rings is 6. The van der Waals surface area contributed by atoms with Crippen molar-refractivity contribution in [3.63, 3.8) is 0 Å². The molecule has 0 fully saturated rings. The SMILES string of the molecule is Cn1c2ccccc2c2cc3c4ccccc4n(-c4cccc(-c5nc(-c6ccccc6)c6c(n5)-c5ccccc5[Si]6(C)C)c4)c3cc21. The molecule has 1 aliphatic heterocycles. The lowest BCUT2D eigenvalue weighted by Gasteiger charge is -2.21. The van der Waals surface area contributed by atoms with Crippen molar-refractivity contribution in [2.45, 2.75) is 13.1 Å². The van der Waals surface area contributed by atoms with Crippen LogP contribution in [-0.4, -0.2) is 27.2 Å². The number of nitrogens with zero attached hydrogens (tertiary/aromatic N) is 4. The van der Waals surface area contributed by atoms with Gasteiger partial charge in [-0.15, -0.1) is 0 Å². The second-order valence-electron chi connectivity index (χ2n) is 13.5. The first kappa shape index (κ1) is 27.3. The minimum Gasteiger partial charge on any atom is -0.344 e. The maximum atomic E-state index is 5.40. The van der Waals surface area contributed by atoms with E-state index < -0.39 is 8.07 Å². The van der Waals surface area contributed by atoms with Gasteiger partial charge >= 0.3 is 0 Å². The lowest BCUT2D eigenvalue weighted by molar-refractivity contribution is 1.01. The smallest absolute Gasteiger partial charge is 0.160 e. The van der Waals surface area contributed by atoms with Crippen LogP contribution in [0.4, 0.5) is 0 Å². The molecule has 0 N–H and O–H groups in total. The van der Waals surface area contributed by atoms with Gasteiger partial charge in [-0.1, -0.05) is 116 Å². The minimum atomic E-state index is -2.02. The number of aryl methyl sites for hydroxylation is 1. The van der Waals surface area contributed by atoms with Gasteiger partial charge in [-0.3, -0.25) is 0 Å². The number of hydrogen-bond acceptors (Lipinski definition) is 2. The van der Waals surface area contributed by atoms with Crippen molar-refractivity contribution in [3.05, 3.63) is 140 Å². The Balaban J connectivity index is 1.23. The zero-order chi connectivity index (χ0) is 32.1. The third-order valence-corrected chi connectivity index (χ3v) is 14.0. The van der Waals surface area contributed by atoms with Crippen LogP contribution in [0.3, 0.4) is 0 Å². The average molecular weight is 633 g/mol. The molecule has 0 bridgehead atoms. The van der Waals surface area contributed by atoms with Crippen LogP contribution in [0.5, 0.6) is 0 Å². The van der Waals surface area contributed by atoms with Crippen molar-refractivity contribution >= 4 is 62.1 Å². The molecule has 4 nitrogen and oxygen atoms in total. The second kappa shape index (κ2) is 9.86. The van der Waals surface area contributed by atoms with E-state index in [1.54, 1.807) is 0 Å². The normalized spacial score (nSPS) is 13.5. The predicted octanol–water partition coefficient (Wildman–Crippen LogP) is 9.36. The van der Waals surface area contributed by atoms with E-state index in [0.717, 1.165) is 34.0 Å². The van der Waals surface area contributed by atoms with Crippen LogP contribution < -0.4 is 10.4 Å². The van der Waals surface area contributed by atoms with Crippen LogP contribution in [0.25, 0.3) is 83.2 Å². The molecule has 0 amide bonds. The minimum absolute atomic E-state index is 0.757. The van der Waals surface area contributed by atoms with Gasteiger partial charge in [0.2, 0.25) is 0 Å². The maximum Gasteiger partial charge on any atom is 0.160 e. The van der Waals surface area contributed by atoms with Crippen molar-refractivity contribution in [2.75, 3.05) is 0 Å². The quantitative estimate of drug-likeness (QED) is 0.182. The highest BCUT2D eigenvalue weighted by Crippen LogP contribution is 2.39. The maximum absolute atomic E-state index is 5.40. The lowest BCUT2D eigenvalue weighted by atomic mass is 10.1. The molecule has 228 valence electrons. The van der Waals surface area contributed by atoms with Crippen LogP contribution in [0, 0.1) is 0 Å². The summed E-state index contributed by atoms with van der Waals surface area (Å²) in [7, 11) is 0.149. The van der Waals surface area contributed by atoms with Crippen molar-refractivity contribution in [1.82, 2.24) is 19.1 Å². The second-order valence-corrected chi connectivity index (χ2v) is 17.8. The molecule has 0 saturated heterocycles. The highest BCUT2D eigenvalue weighted by atomic mass is 28.3. The summed E-state index contributed by atoms with van der Waals surface area (Å²) in [6.45, 7) is 4.87. The van der Waals surface area contributed by atoms with Gasteiger partial charge in [0.25, 0.3) is 0 Å². The fourth-order valence-electron chi connectivity index (χ4n) is 8.23. The first-order chi connectivity index (χ1) is 23.5. The fourth-order valence-corrected chi connectivity index (χ4v) is 11.5. The molecule has 1 aliphatic rings. The number of hydrogen-bond donors (Lipinski definition) is 0. The molecule has 0 atom stereocenters. The predicted molar refractivity (Wildman–Crippen MR) is 203 cm³/mol. The summed E-state index contributed by atoms with van der Waals surface area (Å²) in [6, 6.07) is 50.4. The Morgan fingerprint density at radius 3 is 1.98 bits per heavy atom. The standard InChI is InChI=1S/C43H32N4Si/c1-46-35-21-10-7-18-30(35)33-25-34-31-19-8-11-22-36(31)47(38(34)26-37(33)46)29-17-13-16-28(24-29)43-44-40(27-14-5-4-6-15-27)42-41(45-43)32-20-9-12-23-39(32)48(42,2)3/h4-26H,1-3H3. The Kier molecular flexibility index (Phi) is 5.62. The van der Waals surface area contributed by atoms with E-state index in [2.05, 4.69) is 169 Å². The van der Waals surface area contributed by atoms with E-state index in [-0.39, 0.29) is 0 Å². The number of para-hydroxylation sites is 2. The highest BCUT2D eigenvalue weighted by Gasteiger charge is 2.41. The monoisotopic (exact) mass is 632 g/mol. The van der Waals surface area contributed by atoms with Crippen molar-refractivity contribution in [2.24, 2.45) is 7.05 Å². The molecule has 0 radical (unpaired) electrons. The molecule has 48 heavy (non-hydrogen) atoms. The zero-order valence-corrected chi connectivity index (χ0v) is 28.1. The number of rotatable bonds is 3. The molecule has 6 aromatic carbocycles. The Bertz CT molecular complexity index is 2770. The molecule has 0 unspecified atom stereocenters. The Hall–Kier alpha value is -5.78. The largest absolute Gasteiger partial charge is 0.344 e. The first-order valence-electron chi connectivity index (χ1n) is 16.6. The summed E-state index contributed by atoms with van der Waals surface area (Å²) in [5.74, 6) is 0.757. The molecule has 9 aromatic rings. The topological polar surface area (TPSA) is 35.6 Å². The summed E-state index contributed by atoms with van der Waals surface area (Å²) in [5, 5.41) is 7.83. The molecular formula is C43H32N4Si. The molecule has 5 heteroatoms. The van der Waals surface area contributed by atoms with Gasteiger partial charge in [0, 0.05) is 50.9 Å². The lowest BCUT2D eigenvalue weighted by Crippen LogP contribution is -2.50. The van der Waals surface area contributed by atoms with Gasteiger partial charge in [-0.25, -0.2) is 9.97 Å². The highest BCUT2D eigenvalue weighted by molar-refractivity contribution is 7.04. The van der Waals surface area contributed by atoms with Crippen LogP contribution in [0.2, 0.25) is 13.1 Å². The van der Waals surface area contributed by atoms with Crippen LogP contribution in [0.15, 0.2) is 140 Å². The van der Waals surface area contributed by atoms with E-state index >= 15 is 0 Å². The van der Waals surface area contributed by atoms with Crippen LogP contribution in [-0.2, 0) is 7.05 Å². The summed E-state index contributed by atoms with van der Waals surface area (Å²) in [4.78, 5) is 10.8. The molecular weight excluding hydrogens is 601 g/mol.